The number of nitrogens with one attached hydrogen (secondary N) is 1. The second kappa shape index (κ2) is 5.61. The second-order valence-corrected chi connectivity index (χ2v) is 7.44. The van der Waals surface area contributed by atoms with Gasteiger partial charge in [-0.3, -0.25) is 4.79 Å². The van der Waals surface area contributed by atoms with Crippen molar-refractivity contribution in [1.29, 1.82) is 0 Å². The molecule has 1 amide bonds. The average molecular weight is 318 g/mol. The molecule has 7 heteroatoms. The summed E-state index contributed by atoms with van der Waals surface area (Å²) in [6, 6.07) is 4.69. The molecule has 1 atom stereocenters. The minimum absolute atomic E-state index is 0.0431. The van der Waals surface area contributed by atoms with E-state index in [0.717, 1.165) is 12.8 Å². The maximum absolute atomic E-state index is 11.8. The Labute approximate surface area is 122 Å². The molecule has 20 heavy (non-hydrogen) atoms. The molecule has 0 aromatic heterocycles. The number of aryl methyl sites for hydroxylation is 1. The van der Waals surface area contributed by atoms with Crippen LogP contribution in [0, 0.1) is 6.92 Å². The second-order valence-electron chi connectivity index (χ2n) is 4.91. The minimum atomic E-state index is -3.77. The van der Waals surface area contributed by atoms with Crippen LogP contribution < -0.4 is 10.1 Å². The van der Waals surface area contributed by atoms with E-state index in [0.29, 0.717) is 11.3 Å². The maximum Gasteiger partial charge on any atom is 0.261 e. The highest BCUT2D eigenvalue weighted by atomic mass is 35.7. The Hall–Kier alpha value is -1.27. The molecule has 0 bridgehead atoms. The van der Waals surface area contributed by atoms with E-state index in [1.54, 1.807) is 19.9 Å². The van der Waals surface area contributed by atoms with Crippen molar-refractivity contribution in [3.63, 3.8) is 0 Å². The van der Waals surface area contributed by atoms with E-state index in [2.05, 4.69) is 5.32 Å². The molecule has 0 spiro atoms. The van der Waals surface area contributed by atoms with Crippen LogP contribution in [-0.4, -0.2) is 26.5 Å². The summed E-state index contributed by atoms with van der Waals surface area (Å²) in [6.07, 6.45) is 1.40. The summed E-state index contributed by atoms with van der Waals surface area (Å²) in [5.74, 6) is 0.268. The van der Waals surface area contributed by atoms with Gasteiger partial charge in [0.1, 0.15) is 5.75 Å². The van der Waals surface area contributed by atoms with Gasteiger partial charge in [0, 0.05) is 16.7 Å². The third-order valence-electron chi connectivity index (χ3n) is 3.01. The fourth-order valence-corrected chi connectivity index (χ4v) is 2.97. The number of hydrogen-bond acceptors (Lipinski definition) is 4. The third-order valence-corrected chi connectivity index (χ3v) is 4.50. The molecule has 1 aliphatic rings. The van der Waals surface area contributed by atoms with Crippen LogP contribution in [-0.2, 0) is 13.8 Å². The van der Waals surface area contributed by atoms with Crippen LogP contribution in [0.15, 0.2) is 23.1 Å². The molecule has 0 aliphatic heterocycles. The first-order valence-electron chi connectivity index (χ1n) is 6.29. The Morgan fingerprint density at radius 3 is 2.60 bits per heavy atom. The van der Waals surface area contributed by atoms with Gasteiger partial charge in [0.05, 0.1) is 4.90 Å². The van der Waals surface area contributed by atoms with E-state index in [9.17, 15) is 13.2 Å². The summed E-state index contributed by atoms with van der Waals surface area (Å²) in [6.45, 7) is 3.27. The maximum atomic E-state index is 11.8. The topological polar surface area (TPSA) is 72.5 Å². The quantitative estimate of drug-likeness (QED) is 0.843. The van der Waals surface area contributed by atoms with Gasteiger partial charge in [0.2, 0.25) is 0 Å². The van der Waals surface area contributed by atoms with E-state index >= 15 is 0 Å². The lowest BCUT2D eigenvalue weighted by atomic mass is 10.2. The van der Waals surface area contributed by atoms with Crippen molar-refractivity contribution >= 4 is 25.6 Å². The van der Waals surface area contributed by atoms with Gasteiger partial charge in [-0.1, -0.05) is 0 Å². The Morgan fingerprint density at radius 1 is 1.45 bits per heavy atom. The molecule has 1 N–H and O–H groups in total. The highest BCUT2D eigenvalue weighted by Crippen LogP contribution is 2.25. The smallest absolute Gasteiger partial charge is 0.261 e. The molecular weight excluding hydrogens is 302 g/mol. The zero-order chi connectivity index (χ0) is 14.9. The zero-order valence-electron chi connectivity index (χ0n) is 11.2. The van der Waals surface area contributed by atoms with Gasteiger partial charge in [-0.25, -0.2) is 8.42 Å². The third kappa shape index (κ3) is 3.86. The largest absolute Gasteiger partial charge is 0.481 e. The van der Waals surface area contributed by atoms with Crippen LogP contribution in [0.25, 0.3) is 0 Å². The summed E-state index contributed by atoms with van der Waals surface area (Å²) in [5, 5.41) is 2.84. The summed E-state index contributed by atoms with van der Waals surface area (Å²) in [4.78, 5) is 11.8. The zero-order valence-corrected chi connectivity index (χ0v) is 12.8. The van der Waals surface area contributed by atoms with E-state index in [-0.39, 0.29) is 16.8 Å². The molecule has 1 aromatic rings. The molecular formula is C13H16ClNO4S. The molecule has 0 saturated heterocycles. The number of carbonyl (C=O) groups is 1. The number of halogens is 1. The number of amides is 1. The first-order valence-corrected chi connectivity index (χ1v) is 8.60. The Kier molecular flexibility index (Phi) is 4.25. The predicted molar refractivity (Wildman–Crippen MR) is 75.5 cm³/mol. The molecule has 1 fully saturated rings. The SMILES string of the molecule is Cc1cc(OC(C)C(=O)NC2CC2)ccc1S(=O)(=O)Cl. The van der Waals surface area contributed by atoms with Crippen molar-refractivity contribution in [1.82, 2.24) is 5.32 Å². The molecule has 5 nitrogen and oxygen atoms in total. The lowest BCUT2D eigenvalue weighted by Gasteiger charge is -2.15. The van der Waals surface area contributed by atoms with Crippen LogP contribution >= 0.6 is 10.7 Å². The minimum Gasteiger partial charge on any atom is -0.481 e. The fourth-order valence-electron chi connectivity index (χ4n) is 1.77. The Balaban J connectivity index is 2.06. The predicted octanol–water partition coefficient (Wildman–Crippen LogP) is 1.97. The monoisotopic (exact) mass is 317 g/mol. The number of ether oxygens (including phenoxy) is 1. The van der Waals surface area contributed by atoms with Crippen LogP contribution in [0.3, 0.4) is 0 Å². The first kappa shape index (κ1) is 15.1. The summed E-state index contributed by atoms with van der Waals surface area (Å²) in [5.41, 5.74) is 0.479. The molecule has 1 aliphatic carbocycles. The molecule has 1 saturated carbocycles. The van der Waals surface area contributed by atoms with Crippen LogP contribution in [0.1, 0.15) is 25.3 Å². The standard InChI is InChI=1S/C13H16ClNO4S/c1-8-7-11(5-6-12(8)20(14,17)18)19-9(2)13(16)15-10-3-4-10/h5-7,9-10H,3-4H2,1-2H3,(H,15,16). The highest BCUT2D eigenvalue weighted by molar-refractivity contribution is 8.13. The van der Waals surface area contributed by atoms with E-state index in [1.165, 1.54) is 12.1 Å². The fraction of sp³-hybridized carbons (Fsp3) is 0.462. The van der Waals surface area contributed by atoms with Crippen molar-refractivity contribution < 1.29 is 17.9 Å². The van der Waals surface area contributed by atoms with Gasteiger partial charge in [0.15, 0.2) is 6.10 Å². The van der Waals surface area contributed by atoms with E-state index in [1.807, 2.05) is 0 Å². The van der Waals surface area contributed by atoms with Crippen molar-refractivity contribution in [2.75, 3.05) is 0 Å². The molecule has 0 heterocycles. The van der Waals surface area contributed by atoms with E-state index in [4.69, 9.17) is 15.4 Å². The van der Waals surface area contributed by atoms with Crippen molar-refractivity contribution in [3.05, 3.63) is 23.8 Å². The van der Waals surface area contributed by atoms with Crippen molar-refractivity contribution in [3.8, 4) is 5.75 Å². The van der Waals surface area contributed by atoms with Gasteiger partial charge >= 0.3 is 0 Å². The Morgan fingerprint density at radius 2 is 2.10 bits per heavy atom. The van der Waals surface area contributed by atoms with Crippen LogP contribution in [0.5, 0.6) is 5.75 Å². The average Bonchev–Trinajstić information content (AvgIpc) is 3.11. The van der Waals surface area contributed by atoms with Gasteiger partial charge < -0.3 is 10.1 Å². The number of hydrogen-bond donors (Lipinski definition) is 1. The van der Waals surface area contributed by atoms with Gasteiger partial charge in [-0.15, -0.1) is 0 Å². The summed E-state index contributed by atoms with van der Waals surface area (Å²) < 4.78 is 28.1. The number of carbonyl (C=O) groups excluding carboxylic acids is 1. The lowest BCUT2D eigenvalue weighted by molar-refractivity contribution is -0.127. The first-order chi connectivity index (χ1) is 9.27. The Bertz CT molecular complexity index is 625. The number of rotatable bonds is 5. The number of benzene rings is 1. The summed E-state index contributed by atoms with van der Waals surface area (Å²) in [7, 11) is 1.54. The van der Waals surface area contributed by atoms with E-state index < -0.39 is 15.2 Å². The highest BCUT2D eigenvalue weighted by Gasteiger charge is 2.26. The summed E-state index contributed by atoms with van der Waals surface area (Å²) >= 11 is 0. The van der Waals surface area contributed by atoms with Crippen LogP contribution in [0.2, 0.25) is 0 Å². The van der Waals surface area contributed by atoms with Gasteiger partial charge in [-0.05, 0) is 50.5 Å². The van der Waals surface area contributed by atoms with Crippen molar-refractivity contribution in [2.24, 2.45) is 0 Å². The molecule has 1 unspecified atom stereocenters. The van der Waals surface area contributed by atoms with Crippen molar-refractivity contribution in [2.45, 2.75) is 43.7 Å². The molecule has 110 valence electrons. The molecule has 2 rings (SSSR count). The normalized spacial score (nSPS) is 16.6. The van der Waals surface area contributed by atoms with Gasteiger partial charge in [-0.2, -0.15) is 0 Å². The van der Waals surface area contributed by atoms with Crippen LogP contribution in [0.4, 0.5) is 0 Å². The lowest BCUT2D eigenvalue weighted by Crippen LogP contribution is -2.37. The van der Waals surface area contributed by atoms with Gasteiger partial charge in [0.25, 0.3) is 15.0 Å². The molecule has 0 radical (unpaired) electrons. The molecule has 1 aromatic carbocycles.